The molecule has 1 aliphatic rings. The Morgan fingerprint density at radius 3 is 2.74 bits per heavy atom. The Balaban J connectivity index is 1.69. The lowest BCUT2D eigenvalue weighted by molar-refractivity contribution is 0.0925. The maximum atomic E-state index is 13.7. The Labute approximate surface area is 139 Å². The minimum absolute atomic E-state index is 0.0263. The van der Waals surface area contributed by atoms with Crippen molar-refractivity contribution < 1.29 is 13.6 Å². The molecule has 0 saturated carbocycles. The van der Waals surface area contributed by atoms with Crippen molar-refractivity contribution in [3.8, 4) is 0 Å². The van der Waals surface area contributed by atoms with Gasteiger partial charge in [0.1, 0.15) is 11.6 Å². The van der Waals surface area contributed by atoms with Crippen LogP contribution in [0.3, 0.4) is 0 Å². The Hall–Kier alpha value is -1.79. The van der Waals surface area contributed by atoms with Crippen molar-refractivity contribution in [3.05, 3.63) is 59.8 Å². The molecule has 1 fully saturated rings. The van der Waals surface area contributed by atoms with E-state index in [2.05, 4.69) is 10.2 Å². The second-order valence-corrected chi connectivity index (χ2v) is 6.59. The van der Waals surface area contributed by atoms with Crippen LogP contribution in [-0.2, 0) is 0 Å². The van der Waals surface area contributed by atoms with Crippen molar-refractivity contribution in [2.75, 3.05) is 31.1 Å². The first-order valence-electron chi connectivity index (χ1n) is 7.63. The van der Waals surface area contributed by atoms with Gasteiger partial charge in [-0.25, -0.2) is 4.39 Å². The third kappa shape index (κ3) is 3.95. The van der Waals surface area contributed by atoms with Gasteiger partial charge in [0.25, 0.3) is 5.91 Å². The maximum absolute atomic E-state index is 13.7. The van der Waals surface area contributed by atoms with Gasteiger partial charge in [0.2, 0.25) is 0 Å². The first-order chi connectivity index (χ1) is 11.3. The highest BCUT2D eigenvalue weighted by Gasteiger charge is 2.25. The summed E-state index contributed by atoms with van der Waals surface area (Å²) in [5, 5.41) is 2.84. The van der Waals surface area contributed by atoms with Crippen molar-refractivity contribution in [1.29, 1.82) is 0 Å². The van der Waals surface area contributed by atoms with Crippen LogP contribution in [0.4, 0.5) is 4.39 Å². The number of halogens is 1. The summed E-state index contributed by atoms with van der Waals surface area (Å²) in [5.41, 5.74) is 0.0693. The molecule has 3 rings (SSSR count). The Kier molecular flexibility index (Phi) is 5.35. The molecule has 1 aromatic heterocycles. The molecule has 1 saturated heterocycles. The zero-order valence-electron chi connectivity index (χ0n) is 12.7. The second-order valence-electron chi connectivity index (χ2n) is 5.37. The van der Waals surface area contributed by atoms with Gasteiger partial charge in [-0.3, -0.25) is 9.69 Å². The van der Waals surface area contributed by atoms with Crippen molar-refractivity contribution in [3.63, 3.8) is 0 Å². The Bertz CT molecular complexity index is 642. The molecule has 1 aromatic carbocycles. The average molecular weight is 334 g/mol. The predicted octanol–water partition coefficient (Wildman–Crippen LogP) is 2.94. The fourth-order valence-electron chi connectivity index (χ4n) is 2.71. The lowest BCUT2D eigenvalue weighted by atomic mass is 10.1. The van der Waals surface area contributed by atoms with Crippen LogP contribution in [0.2, 0.25) is 0 Å². The van der Waals surface area contributed by atoms with E-state index < -0.39 is 11.7 Å². The molecule has 0 bridgehead atoms. The van der Waals surface area contributed by atoms with Crippen LogP contribution in [-0.4, -0.2) is 41.9 Å². The molecular weight excluding hydrogens is 315 g/mol. The second kappa shape index (κ2) is 7.66. The topological polar surface area (TPSA) is 45.5 Å². The van der Waals surface area contributed by atoms with Crippen molar-refractivity contribution >= 4 is 17.7 Å². The Morgan fingerprint density at radius 1 is 1.26 bits per heavy atom. The largest absolute Gasteiger partial charge is 0.468 e. The summed E-state index contributed by atoms with van der Waals surface area (Å²) in [6, 6.07) is 9.75. The van der Waals surface area contributed by atoms with Crippen LogP contribution in [0.15, 0.2) is 47.1 Å². The third-order valence-corrected chi connectivity index (χ3v) is 4.88. The zero-order valence-corrected chi connectivity index (χ0v) is 13.5. The van der Waals surface area contributed by atoms with Gasteiger partial charge in [-0.05, 0) is 24.3 Å². The molecule has 1 amide bonds. The summed E-state index contributed by atoms with van der Waals surface area (Å²) < 4.78 is 19.2. The summed E-state index contributed by atoms with van der Waals surface area (Å²) in [6.45, 7) is 2.29. The molecular formula is C17H19FN2O2S. The van der Waals surface area contributed by atoms with E-state index in [4.69, 9.17) is 4.42 Å². The highest BCUT2D eigenvalue weighted by atomic mass is 32.2. The molecule has 4 nitrogen and oxygen atoms in total. The fraction of sp³-hybridized carbons (Fsp3) is 0.353. The van der Waals surface area contributed by atoms with E-state index >= 15 is 0 Å². The molecule has 6 heteroatoms. The lowest BCUT2D eigenvalue weighted by Crippen LogP contribution is -2.42. The molecule has 2 heterocycles. The number of rotatable bonds is 5. The smallest absolute Gasteiger partial charge is 0.254 e. The van der Waals surface area contributed by atoms with E-state index in [9.17, 15) is 9.18 Å². The molecule has 0 radical (unpaired) electrons. The van der Waals surface area contributed by atoms with Gasteiger partial charge in [-0.1, -0.05) is 12.1 Å². The molecule has 23 heavy (non-hydrogen) atoms. The number of furan rings is 1. The molecule has 0 spiro atoms. The van der Waals surface area contributed by atoms with Gasteiger partial charge >= 0.3 is 0 Å². The van der Waals surface area contributed by atoms with E-state index in [-0.39, 0.29) is 11.6 Å². The van der Waals surface area contributed by atoms with E-state index in [1.54, 1.807) is 18.4 Å². The van der Waals surface area contributed by atoms with Crippen molar-refractivity contribution in [2.24, 2.45) is 0 Å². The SMILES string of the molecule is O=C(NCC(c1ccco1)N1CCSCC1)c1ccccc1F. The van der Waals surface area contributed by atoms with Gasteiger partial charge in [0.15, 0.2) is 0 Å². The first-order valence-corrected chi connectivity index (χ1v) is 8.79. The Morgan fingerprint density at radius 2 is 2.04 bits per heavy atom. The predicted molar refractivity (Wildman–Crippen MR) is 89.1 cm³/mol. The zero-order chi connectivity index (χ0) is 16.1. The minimum Gasteiger partial charge on any atom is -0.468 e. The van der Waals surface area contributed by atoms with E-state index in [0.29, 0.717) is 6.54 Å². The highest BCUT2D eigenvalue weighted by Crippen LogP contribution is 2.24. The molecule has 0 aliphatic carbocycles. The van der Waals surface area contributed by atoms with Crippen molar-refractivity contribution in [2.45, 2.75) is 6.04 Å². The number of thioether (sulfide) groups is 1. The van der Waals surface area contributed by atoms with Crippen LogP contribution in [0, 0.1) is 5.82 Å². The van der Waals surface area contributed by atoms with Gasteiger partial charge in [0, 0.05) is 31.1 Å². The first kappa shape index (κ1) is 16.1. The number of hydrogen-bond acceptors (Lipinski definition) is 4. The number of hydrogen-bond donors (Lipinski definition) is 1. The molecule has 1 unspecified atom stereocenters. The number of amides is 1. The average Bonchev–Trinajstić information content (AvgIpc) is 3.10. The standard InChI is InChI=1S/C17H19FN2O2S/c18-14-5-2-1-4-13(14)17(21)19-12-15(16-6-3-9-22-16)20-7-10-23-11-8-20/h1-6,9,15H,7-8,10-12H2,(H,19,21). The van der Waals surface area contributed by atoms with Crippen molar-refractivity contribution in [1.82, 2.24) is 10.2 Å². The molecule has 122 valence electrons. The summed E-state index contributed by atoms with van der Waals surface area (Å²) in [5.74, 6) is 2.06. The van der Waals surface area contributed by atoms with Gasteiger partial charge in [0.05, 0.1) is 17.9 Å². The molecule has 1 atom stereocenters. The highest BCUT2D eigenvalue weighted by molar-refractivity contribution is 7.99. The summed E-state index contributed by atoms with van der Waals surface area (Å²) in [6.07, 6.45) is 1.64. The van der Waals surface area contributed by atoms with Crippen LogP contribution >= 0.6 is 11.8 Å². The van der Waals surface area contributed by atoms with Crippen LogP contribution in [0.1, 0.15) is 22.2 Å². The fourth-order valence-corrected chi connectivity index (χ4v) is 3.64. The minimum atomic E-state index is -0.506. The molecule has 1 aliphatic heterocycles. The molecule has 1 N–H and O–H groups in total. The van der Waals surface area contributed by atoms with Crippen LogP contribution in [0.5, 0.6) is 0 Å². The number of nitrogens with one attached hydrogen (secondary N) is 1. The van der Waals surface area contributed by atoms with Gasteiger partial charge in [-0.15, -0.1) is 0 Å². The van der Waals surface area contributed by atoms with E-state index in [1.165, 1.54) is 12.1 Å². The number of benzene rings is 1. The summed E-state index contributed by atoms with van der Waals surface area (Å²) in [7, 11) is 0. The summed E-state index contributed by atoms with van der Waals surface area (Å²) in [4.78, 5) is 14.5. The van der Waals surface area contributed by atoms with Gasteiger partial charge in [-0.2, -0.15) is 11.8 Å². The third-order valence-electron chi connectivity index (χ3n) is 3.93. The van der Waals surface area contributed by atoms with E-state index in [1.807, 2.05) is 23.9 Å². The van der Waals surface area contributed by atoms with Gasteiger partial charge < -0.3 is 9.73 Å². The lowest BCUT2D eigenvalue weighted by Gasteiger charge is -2.33. The number of carbonyl (C=O) groups is 1. The number of carbonyl (C=O) groups excluding carboxylic acids is 1. The van der Waals surface area contributed by atoms with E-state index in [0.717, 1.165) is 30.4 Å². The maximum Gasteiger partial charge on any atom is 0.254 e. The normalized spacial score (nSPS) is 16.9. The number of nitrogens with zero attached hydrogens (tertiary/aromatic N) is 1. The summed E-state index contributed by atoms with van der Waals surface area (Å²) >= 11 is 1.93. The van der Waals surface area contributed by atoms with Crippen LogP contribution < -0.4 is 5.32 Å². The monoisotopic (exact) mass is 334 g/mol. The quantitative estimate of drug-likeness (QED) is 0.913. The molecule has 2 aromatic rings. The van der Waals surface area contributed by atoms with Crippen LogP contribution in [0.25, 0.3) is 0 Å².